The van der Waals surface area contributed by atoms with Crippen molar-refractivity contribution in [3.63, 3.8) is 0 Å². The predicted octanol–water partition coefficient (Wildman–Crippen LogP) is 3.39. The molecule has 1 amide bonds. The number of oxime groups is 1. The van der Waals surface area contributed by atoms with Crippen molar-refractivity contribution in [2.24, 2.45) is 27.7 Å². The Morgan fingerprint density at radius 1 is 1.39 bits per heavy atom. The van der Waals surface area contributed by atoms with E-state index in [2.05, 4.69) is 48.4 Å². The number of nitrogens with two attached hydrogens (primary N) is 1. The highest BCUT2D eigenvalue weighted by atomic mass is 16.6. The number of aryl methyl sites for hydroxylation is 1. The maximum absolute atomic E-state index is 12.0. The van der Waals surface area contributed by atoms with Crippen molar-refractivity contribution in [3.8, 4) is 0 Å². The van der Waals surface area contributed by atoms with Gasteiger partial charge in [0.1, 0.15) is 6.61 Å². The molecule has 6 heteroatoms. The van der Waals surface area contributed by atoms with Crippen LogP contribution in [0.5, 0.6) is 0 Å². The first-order valence-corrected chi connectivity index (χ1v) is 9.86. The lowest BCUT2D eigenvalue weighted by atomic mass is 9.85. The third-order valence-electron chi connectivity index (χ3n) is 5.18. The Kier molecular flexibility index (Phi) is 5.87. The number of aliphatic imine (C=N–C) groups is 1. The molecule has 1 aliphatic heterocycles. The summed E-state index contributed by atoms with van der Waals surface area (Å²) in [6.07, 6.45) is 5.75. The first kappa shape index (κ1) is 20.1. The fourth-order valence-electron chi connectivity index (χ4n) is 3.29. The molecule has 2 unspecified atom stereocenters. The number of benzene rings is 1. The number of hydrogen-bond acceptors (Lipinski definition) is 4. The highest BCUT2D eigenvalue weighted by Crippen LogP contribution is 2.43. The molecule has 1 heterocycles. The van der Waals surface area contributed by atoms with E-state index in [9.17, 15) is 4.79 Å². The van der Waals surface area contributed by atoms with Crippen molar-refractivity contribution >= 4 is 18.0 Å². The number of hydrogen-bond donors (Lipinski definition) is 2. The minimum Gasteiger partial charge on any atom is -0.394 e. The van der Waals surface area contributed by atoms with Crippen LogP contribution in [0, 0.1) is 18.8 Å². The van der Waals surface area contributed by atoms with E-state index in [1.807, 2.05) is 19.2 Å². The Morgan fingerprint density at radius 3 is 2.89 bits per heavy atom. The number of carbonyl (C=O) groups is 1. The highest BCUT2D eigenvalue weighted by molar-refractivity contribution is 5.98. The maximum atomic E-state index is 12.0. The van der Waals surface area contributed by atoms with Crippen molar-refractivity contribution in [1.29, 1.82) is 0 Å². The average Bonchev–Trinajstić information content (AvgIpc) is 3.41. The summed E-state index contributed by atoms with van der Waals surface area (Å²) in [5.41, 5.74) is 10.3. The number of fused-ring (bicyclic) bond motifs is 1. The van der Waals surface area contributed by atoms with Gasteiger partial charge in [-0.05, 0) is 36.3 Å². The third kappa shape index (κ3) is 5.00. The molecule has 0 radical (unpaired) electrons. The maximum Gasteiger partial charge on any atom is 0.224 e. The van der Waals surface area contributed by atoms with Crippen LogP contribution in [0.4, 0.5) is 0 Å². The van der Waals surface area contributed by atoms with Gasteiger partial charge in [-0.1, -0.05) is 44.1 Å². The van der Waals surface area contributed by atoms with E-state index < -0.39 is 0 Å². The summed E-state index contributed by atoms with van der Waals surface area (Å²) in [5.74, 6) is 1.31. The molecule has 3 N–H and O–H groups in total. The average molecular weight is 383 g/mol. The molecular formula is C22H30N4O2. The number of nitrogens with zero attached hydrogens (tertiary/aromatic N) is 2. The quantitative estimate of drug-likeness (QED) is 0.328. The Balaban J connectivity index is 1.42. The van der Waals surface area contributed by atoms with Crippen LogP contribution in [0.1, 0.15) is 56.7 Å². The van der Waals surface area contributed by atoms with Gasteiger partial charge in [-0.15, -0.1) is 0 Å². The summed E-state index contributed by atoms with van der Waals surface area (Å²) in [4.78, 5) is 21.5. The van der Waals surface area contributed by atoms with Crippen LogP contribution in [0.15, 0.2) is 40.2 Å². The van der Waals surface area contributed by atoms with Crippen LogP contribution in [0.25, 0.3) is 0 Å². The summed E-state index contributed by atoms with van der Waals surface area (Å²) in [6.45, 7) is 8.90. The Hall–Kier alpha value is -2.63. The lowest BCUT2D eigenvalue weighted by molar-refractivity contribution is -0.120. The smallest absolute Gasteiger partial charge is 0.224 e. The van der Waals surface area contributed by atoms with Gasteiger partial charge in [0.15, 0.2) is 5.84 Å². The Bertz CT molecular complexity index is 833. The van der Waals surface area contributed by atoms with E-state index in [4.69, 9.17) is 10.6 Å². The van der Waals surface area contributed by atoms with Crippen LogP contribution >= 0.6 is 0 Å². The second-order valence-electron chi connectivity index (χ2n) is 8.63. The lowest BCUT2D eigenvalue weighted by Crippen LogP contribution is -2.25. The normalized spacial score (nSPS) is 21.0. The molecule has 1 fully saturated rings. The molecule has 1 aliphatic carbocycles. The van der Waals surface area contributed by atoms with Crippen molar-refractivity contribution in [1.82, 2.24) is 5.32 Å². The fraction of sp³-hybridized carbons (Fsp3) is 0.500. The summed E-state index contributed by atoms with van der Waals surface area (Å²) in [6, 6.07) is 6.19. The number of allylic oxidation sites excluding steroid dienone is 1. The van der Waals surface area contributed by atoms with Gasteiger partial charge in [-0.25, -0.2) is 0 Å². The molecule has 6 nitrogen and oxygen atoms in total. The first-order valence-electron chi connectivity index (χ1n) is 9.86. The van der Waals surface area contributed by atoms with Gasteiger partial charge in [0.2, 0.25) is 5.91 Å². The van der Waals surface area contributed by atoms with Crippen LogP contribution in [0.3, 0.4) is 0 Å². The molecule has 2 atom stereocenters. The summed E-state index contributed by atoms with van der Waals surface area (Å²) >= 11 is 0. The van der Waals surface area contributed by atoms with E-state index in [1.54, 1.807) is 6.20 Å². The molecule has 0 bridgehead atoms. The van der Waals surface area contributed by atoms with Crippen LogP contribution in [-0.4, -0.2) is 24.6 Å². The van der Waals surface area contributed by atoms with Crippen molar-refractivity contribution < 1.29 is 9.63 Å². The molecule has 2 aliphatic rings. The Morgan fingerprint density at radius 2 is 2.18 bits per heavy atom. The molecule has 28 heavy (non-hydrogen) atoms. The van der Waals surface area contributed by atoms with Crippen LogP contribution in [0.2, 0.25) is 0 Å². The number of nitrogens with one attached hydrogen (secondary N) is 1. The first-order chi connectivity index (χ1) is 13.3. The molecular weight excluding hydrogens is 352 g/mol. The van der Waals surface area contributed by atoms with E-state index in [-0.39, 0.29) is 11.3 Å². The SMILES string of the molecule is Cc1cc(C(C)(C)C)ccc1C(N)=NOCCCC(=O)NC1=CN=CC2CC12. The molecule has 1 saturated carbocycles. The molecule has 0 saturated heterocycles. The topological polar surface area (TPSA) is 89.1 Å². The standard InChI is InChI=1S/C22H30N4O2/c1-14-10-16(22(2,3)4)7-8-17(14)21(23)26-28-9-5-6-20(27)25-19-13-24-12-15-11-18(15)19/h7-8,10,12-13,15,18H,5-6,9,11H2,1-4H3,(H2,23,26)(H,25,27). The van der Waals surface area contributed by atoms with Gasteiger partial charge in [-0.2, -0.15) is 0 Å². The zero-order valence-corrected chi connectivity index (χ0v) is 17.2. The van der Waals surface area contributed by atoms with Crippen LogP contribution < -0.4 is 11.1 Å². The summed E-state index contributed by atoms with van der Waals surface area (Å²) in [5, 5.41) is 6.96. The summed E-state index contributed by atoms with van der Waals surface area (Å²) < 4.78 is 0. The monoisotopic (exact) mass is 382 g/mol. The van der Waals surface area contributed by atoms with Gasteiger partial charge in [-0.3, -0.25) is 9.79 Å². The predicted molar refractivity (Wildman–Crippen MR) is 112 cm³/mol. The Labute approximate surface area is 166 Å². The van der Waals surface area contributed by atoms with E-state index in [1.165, 1.54) is 5.56 Å². The molecule has 3 rings (SSSR count). The molecule has 150 valence electrons. The molecule has 1 aromatic rings. The largest absolute Gasteiger partial charge is 0.394 e. The zero-order chi connectivity index (χ0) is 20.3. The van der Waals surface area contributed by atoms with Gasteiger partial charge < -0.3 is 15.9 Å². The lowest BCUT2D eigenvalue weighted by Gasteiger charge is -2.20. The minimum atomic E-state index is -0.0110. The number of amidine groups is 1. The van der Waals surface area contributed by atoms with Crippen molar-refractivity contribution in [3.05, 3.63) is 46.8 Å². The molecule has 0 aromatic heterocycles. The zero-order valence-electron chi connectivity index (χ0n) is 17.2. The van der Waals surface area contributed by atoms with Crippen molar-refractivity contribution in [2.45, 2.75) is 52.4 Å². The highest BCUT2D eigenvalue weighted by Gasteiger charge is 2.40. The second kappa shape index (κ2) is 8.17. The van der Waals surface area contributed by atoms with Gasteiger partial charge in [0.25, 0.3) is 0 Å². The fourth-order valence-corrected chi connectivity index (χ4v) is 3.29. The molecule has 0 spiro atoms. The van der Waals surface area contributed by atoms with E-state index in [0.29, 0.717) is 37.1 Å². The third-order valence-corrected chi connectivity index (χ3v) is 5.18. The number of amides is 1. The minimum absolute atomic E-state index is 0.0110. The van der Waals surface area contributed by atoms with E-state index in [0.717, 1.165) is 23.2 Å². The van der Waals surface area contributed by atoms with Gasteiger partial charge in [0.05, 0.1) is 0 Å². The van der Waals surface area contributed by atoms with Crippen LogP contribution in [-0.2, 0) is 15.0 Å². The second-order valence-corrected chi connectivity index (χ2v) is 8.63. The number of carbonyl (C=O) groups excluding carboxylic acids is 1. The van der Waals surface area contributed by atoms with Gasteiger partial charge >= 0.3 is 0 Å². The van der Waals surface area contributed by atoms with Crippen molar-refractivity contribution in [2.75, 3.05) is 6.61 Å². The molecule has 1 aromatic carbocycles. The van der Waals surface area contributed by atoms with Gasteiger partial charge in [0, 0.05) is 41.9 Å². The van der Waals surface area contributed by atoms with E-state index >= 15 is 0 Å². The summed E-state index contributed by atoms with van der Waals surface area (Å²) in [7, 11) is 0. The number of rotatable bonds is 7.